The summed E-state index contributed by atoms with van der Waals surface area (Å²) in [7, 11) is 0. The zero-order chi connectivity index (χ0) is 18.7. The highest BCUT2D eigenvalue weighted by molar-refractivity contribution is 7.16. The lowest BCUT2D eigenvalue weighted by Gasteiger charge is -2.13. The number of aryl methyl sites for hydroxylation is 1. The van der Waals surface area contributed by atoms with Gasteiger partial charge in [0, 0.05) is 4.88 Å². The number of anilines is 1. The Bertz CT molecular complexity index is 827. The molecule has 0 saturated heterocycles. The number of hydrogen-bond donors (Lipinski definition) is 1. The third kappa shape index (κ3) is 3.99. The molecule has 26 heavy (non-hydrogen) atoms. The zero-order valence-corrected chi connectivity index (χ0v) is 16.6. The van der Waals surface area contributed by atoms with Gasteiger partial charge in [0.25, 0.3) is 0 Å². The maximum absolute atomic E-state index is 12.7. The minimum absolute atomic E-state index is 0.0447. The second-order valence-electron chi connectivity index (χ2n) is 7.58. The van der Waals surface area contributed by atoms with Crippen molar-refractivity contribution in [3.8, 4) is 6.07 Å². The molecule has 1 amide bonds. The van der Waals surface area contributed by atoms with E-state index in [0.29, 0.717) is 11.5 Å². The van der Waals surface area contributed by atoms with Crippen LogP contribution in [-0.2, 0) is 24.1 Å². The van der Waals surface area contributed by atoms with E-state index in [2.05, 4.69) is 37.4 Å². The topological polar surface area (TPSA) is 52.9 Å². The molecule has 1 aliphatic rings. The Labute approximate surface area is 160 Å². The van der Waals surface area contributed by atoms with Gasteiger partial charge in [-0.15, -0.1) is 11.3 Å². The summed E-state index contributed by atoms with van der Waals surface area (Å²) in [6.45, 7) is 6.33. The van der Waals surface area contributed by atoms with Crippen LogP contribution in [0.4, 0.5) is 5.00 Å². The van der Waals surface area contributed by atoms with Gasteiger partial charge in [0.2, 0.25) is 5.91 Å². The summed E-state index contributed by atoms with van der Waals surface area (Å²) in [5, 5.41) is 13.3. The van der Waals surface area contributed by atoms with Crippen molar-refractivity contribution >= 4 is 22.2 Å². The molecule has 2 aromatic rings. The first-order chi connectivity index (χ1) is 12.5. The highest BCUT2D eigenvalue weighted by atomic mass is 32.1. The summed E-state index contributed by atoms with van der Waals surface area (Å²) in [4.78, 5) is 14.0. The molecule has 1 N–H and O–H groups in total. The smallest absolute Gasteiger partial charge is 0.232 e. The summed E-state index contributed by atoms with van der Waals surface area (Å²) in [5.74, 6) is 0.335. The molecule has 1 unspecified atom stereocenters. The van der Waals surface area contributed by atoms with E-state index < -0.39 is 0 Å². The van der Waals surface area contributed by atoms with E-state index in [9.17, 15) is 10.1 Å². The first-order valence-corrected chi connectivity index (χ1v) is 10.3. The van der Waals surface area contributed by atoms with Crippen molar-refractivity contribution in [1.29, 1.82) is 5.26 Å². The molecule has 4 heteroatoms. The van der Waals surface area contributed by atoms with Gasteiger partial charge in [0.05, 0.1) is 11.5 Å². The summed E-state index contributed by atoms with van der Waals surface area (Å²) in [5.41, 5.74) is 4.14. The number of carbonyl (C=O) groups excluding carboxylic acids is 1. The van der Waals surface area contributed by atoms with Gasteiger partial charge in [-0.05, 0) is 61.6 Å². The first kappa shape index (κ1) is 18.7. The van der Waals surface area contributed by atoms with Crippen molar-refractivity contribution in [3.05, 3.63) is 51.4 Å². The number of thiophene rings is 1. The fourth-order valence-electron chi connectivity index (χ4n) is 3.56. The van der Waals surface area contributed by atoms with Gasteiger partial charge in [-0.1, -0.05) is 38.1 Å². The van der Waals surface area contributed by atoms with Gasteiger partial charge in [0.1, 0.15) is 11.1 Å². The number of nitrogens with zero attached hydrogens (tertiary/aromatic N) is 1. The summed E-state index contributed by atoms with van der Waals surface area (Å²) in [6.07, 6.45) is 5.33. The molecule has 1 aliphatic carbocycles. The van der Waals surface area contributed by atoms with Crippen molar-refractivity contribution in [3.63, 3.8) is 0 Å². The largest absolute Gasteiger partial charge is 0.316 e. The third-order valence-electron chi connectivity index (χ3n) is 5.04. The van der Waals surface area contributed by atoms with Crippen LogP contribution in [-0.4, -0.2) is 5.91 Å². The predicted octanol–water partition coefficient (Wildman–Crippen LogP) is 5.44. The number of carbonyl (C=O) groups is 1. The van der Waals surface area contributed by atoms with Crippen LogP contribution in [0.25, 0.3) is 0 Å². The zero-order valence-electron chi connectivity index (χ0n) is 15.8. The average Bonchev–Trinajstić information content (AvgIpc) is 2.98. The molecule has 3 nitrogen and oxygen atoms in total. The van der Waals surface area contributed by atoms with Gasteiger partial charge in [0.15, 0.2) is 0 Å². The molecule has 0 saturated carbocycles. The molecule has 1 aromatic heterocycles. The van der Waals surface area contributed by atoms with Gasteiger partial charge in [-0.2, -0.15) is 5.26 Å². The Morgan fingerprint density at radius 3 is 2.54 bits per heavy atom. The highest BCUT2D eigenvalue weighted by Gasteiger charge is 2.23. The third-order valence-corrected chi connectivity index (χ3v) is 6.24. The summed E-state index contributed by atoms with van der Waals surface area (Å²) < 4.78 is 0. The van der Waals surface area contributed by atoms with Gasteiger partial charge < -0.3 is 5.32 Å². The molecular weight excluding hydrogens is 340 g/mol. The fourth-order valence-corrected chi connectivity index (χ4v) is 4.80. The number of amides is 1. The average molecular weight is 367 g/mol. The lowest BCUT2D eigenvalue weighted by atomic mass is 9.95. The second kappa shape index (κ2) is 8.05. The van der Waals surface area contributed by atoms with Gasteiger partial charge in [-0.3, -0.25) is 4.79 Å². The lowest BCUT2D eigenvalue weighted by Crippen LogP contribution is -2.18. The standard InChI is InChI=1S/C22H26N2OS/c1-14(2)12-16-8-10-17(11-9-16)15(3)21(25)24-22-19(13-23)18-6-4-5-7-20(18)26-22/h8-11,14-15H,4-7,12H2,1-3H3,(H,24,25). The molecular formula is C22H26N2OS. The van der Waals surface area contributed by atoms with E-state index in [-0.39, 0.29) is 11.8 Å². The number of nitrogens with one attached hydrogen (secondary N) is 1. The lowest BCUT2D eigenvalue weighted by molar-refractivity contribution is -0.117. The van der Waals surface area contributed by atoms with E-state index in [0.717, 1.165) is 41.8 Å². The van der Waals surface area contributed by atoms with Crippen LogP contribution in [0.5, 0.6) is 0 Å². The van der Waals surface area contributed by atoms with E-state index in [4.69, 9.17) is 0 Å². The number of benzene rings is 1. The number of rotatable bonds is 5. The number of nitriles is 1. The van der Waals surface area contributed by atoms with E-state index >= 15 is 0 Å². The van der Waals surface area contributed by atoms with Crippen LogP contribution in [0.1, 0.15) is 66.7 Å². The van der Waals surface area contributed by atoms with Crippen LogP contribution >= 0.6 is 11.3 Å². The van der Waals surface area contributed by atoms with Crippen molar-refractivity contribution in [2.24, 2.45) is 5.92 Å². The quantitative estimate of drug-likeness (QED) is 0.766. The van der Waals surface area contributed by atoms with Crippen LogP contribution in [0.2, 0.25) is 0 Å². The molecule has 0 aliphatic heterocycles. The minimum atomic E-state index is -0.242. The molecule has 1 aromatic carbocycles. The minimum Gasteiger partial charge on any atom is -0.316 e. The predicted molar refractivity (Wildman–Crippen MR) is 108 cm³/mol. The fraction of sp³-hybridized carbons (Fsp3) is 0.455. The molecule has 0 bridgehead atoms. The first-order valence-electron chi connectivity index (χ1n) is 9.44. The molecule has 1 heterocycles. The second-order valence-corrected chi connectivity index (χ2v) is 8.68. The number of hydrogen-bond acceptors (Lipinski definition) is 3. The van der Waals surface area contributed by atoms with E-state index in [1.54, 1.807) is 11.3 Å². The maximum atomic E-state index is 12.7. The van der Waals surface area contributed by atoms with Gasteiger partial charge in [-0.25, -0.2) is 0 Å². The molecule has 0 radical (unpaired) electrons. The molecule has 136 valence electrons. The SMILES string of the molecule is CC(C)Cc1ccc(C(C)C(=O)Nc2sc3c(c2C#N)CCCC3)cc1. The Balaban J connectivity index is 1.74. The highest BCUT2D eigenvalue weighted by Crippen LogP contribution is 2.38. The number of fused-ring (bicyclic) bond motifs is 1. The summed E-state index contributed by atoms with van der Waals surface area (Å²) >= 11 is 1.58. The van der Waals surface area contributed by atoms with E-state index in [1.807, 2.05) is 19.1 Å². The van der Waals surface area contributed by atoms with Crippen molar-refractivity contribution in [2.75, 3.05) is 5.32 Å². The van der Waals surface area contributed by atoms with E-state index in [1.165, 1.54) is 16.9 Å². The Morgan fingerprint density at radius 1 is 1.19 bits per heavy atom. The maximum Gasteiger partial charge on any atom is 0.232 e. The van der Waals surface area contributed by atoms with Crippen LogP contribution in [0, 0.1) is 17.2 Å². The van der Waals surface area contributed by atoms with Gasteiger partial charge >= 0.3 is 0 Å². The molecule has 0 spiro atoms. The van der Waals surface area contributed by atoms with Crippen LogP contribution in [0.15, 0.2) is 24.3 Å². The van der Waals surface area contributed by atoms with Crippen molar-refractivity contribution < 1.29 is 4.79 Å². The summed E-state index contributed by atoms with van der Waals surface area (Å²) in [6, 6.07) is 10.6. The molecule has 1 atom stereocenters. The Kier molecular flexibility index (Phi) is 5.78. The van der Waals surface area contributed by atoms with Crippen LogP contribution < -0.4 is 5.32 Å². The van der Waals surface area contributed by atoms with Crippen molar-refractivity contribution in [1.82, 2.24) is 0 Å². The normalized spacial score (nSPS) is 14.6. The monoisotopic (exact) mass is 366 g/mol. The Hall–Kier alpha value is -2.12. The van der Waals surface area contributed by atoms with Crippen molar-refractivity contribution in [2.45, 2.75) is 58.8 Å². The van der Waals surface area contributed by atoms with Crippen LogP contribution in [0.3, 0.4) is 0 Å². The molecule has 0 fully saturated rings. The molecule has 3 rings (SSSR count). The Morgan fingerprint density at radius 2 is 1.88 bits per heavy atom.